The molecule has 0 aromatic heterocycles. The number of aliphatic hydroxyl groups excluding tert-OH is 1. The van der Waals surface area contributed by atoms with Crippen LogP contribution in [0, 0.1) is 0 Å². The smallest absolute Gasteiger partial charge is 0.295 e. The maximum atomic E-state index is 12.7. The molecule has 6 heteroatoms. The van der Waals surface area contributed by atoms with Crippen LogP contribution in [0.15, 0.2) is 54.1 Å². The van der Waals surface area contributed by atoms with Crippen molar-refractivity contribution < 1.29 is 24.5 Å². The molecule has 1 fully saturated rings. The van der Waals surface area contributed by atoms with Gasteiger partial charge in [-0.15, -0.1) is 0 Å². The van der Waals surface area contributed by atoms with Gasteiger partial charge in [-0.3, -0.25) is 9.59 Å². The zero-order chi connectivity index (χ0) is 19.6. The Morgan fingerprint density at radius 3 is 2.44 bits per heavy atom. The van der Waals surface area contributed by atoms with Gasteiger partial charge in [-0.1, -0.05) is 43.3 Å². The number of likely N-dealkylation sites (tertiary alicyclic amines) is 1. The van der Waals surface area contributed by atoms with Crippen LogP contribution >= 0.6 is 0 Å². The van der Waals surface area contributed by atoms with E-state index in [1.165, 1.54) is 18.1 Å². The Balaban J connectivity index is 2.19. The number of Topliss-reactive ketones (excluding diaryl/α,β-unsaturated/α-hetero) is 1. The van der Waals surface area contributed by atoms with Crippen molar-refractivity contribution in [3.63, 3.8) is 0 Å². The van der Waals surface area contributed by atoms with Gasteiger partial charge in [0, 0.05) is 12.1 Å². The molecule has 0 saturated carbocycles. The number of methoxy groups -OCH3 is 1. The van der Waals surface area contributed by atoms with E-state index in [0.717, 1.165) is 0 Å². The van der Waals surface area contributed by atoms with Crippen molar-refractivity contribution in [1.82, 2.24) is 4.90 Å². The fraction of sp³-hybridized carbons (Fsp3) is 0.238. The number of hydrogen-bond acceptors (Lipinski definition) is 5. The van der Waals surface area contributed by atoms with Gasteiger partial charge < -0.3 is 19.8 Å². The number of carbonyl (C=O) groups is 2. The Hall–Kier alpha value is -3.28. The quantitative estimate of drug-likeness (QED) is 0.481. The SMILES string of the molecule is CCCN1C(=O)C(=O)/C(=C(\O)c2ccccc2)C1c1ccc(OC)c(O)c1. The van der Waals surface area contributed by atoms with Gasteiger partial charge in [-0.25, -0.2) is 0 Å². The fourth-order valence-corrected chi connectivity index (χ4v) is 3.33. The topological polar surface area (TPSA) is 87.1 Å². The van der Waals surface area contributed by atoms with Crippen LogP contribution in [0.1, 0.15) is 30.5 Å². The summed E-state index contributed by atoms with van der Waals surface area (Å²) in [7, 11) is 1.44. The fourth-order valence-electron chi connectivity index (χ4n) is 3.33. The highest BCUT2D eigenvalue weighted by molar-refractivity contribution is 6.46. The maximum absolute atomic E-state index is 12.7. The Kier molecular flexibility index (Phi) is 5.16. The van der Waals surface area contributed by atoms with Crippen molar-refractivity contribution in [1.29, 1.82) is 0 Å². The highest BCUT2D eigenvalue weighted by Gasteiger charge is 2.45. The van der Waals surface area contributed by atoms with Gasteiger partial charge in [0.25, 0.3) is 11.7 Å². The minimum absolute atomic E-state index is 0.0178. The molecule has 1 saturated heterocycles. The van der Waals surface area contributed by atoms with Crippen LogP contribution < -0.4 is 4.74 Å². The van der Waals surface area contributed by atoms with E-state index >= 15 is 0 Å². The van der Waals surface area contributed by atoms with Crippen LogP contribution in [0.4, 0.5) is 0 Å². The van der Waals surface area contributed by atoms with E-state index < -0.39 is 17.7 Å². The van der Waals surface area contributed by atoms with Crippen molar-refractivity contribution >= 4 is 17.4 Å². The molecule has 2 N–H and O–H groups in total. The molecule has 1 heterocycles. The lowest BCUT2D eigenvalue weighted by atomic mass is 9.95. The number of phenols is 1. The van der Waals surface area contributed by atoms with Crippen molar-refractivity contribution in [2.75, 3.05) is 13.7 Å². The van der Waals surface area contributed by atoms with Crippen LogP contribution in [-0.2, 0) is 9.59 Å². The first-order chi connectivity index (χ1) is 13.0. The standard InChI is InChI=1S/C21H21NO5/c1-3-11-22-18(14-9-10-16(27-2)15(23)12-14)17(20(25)21(22)26)19(24)13-7-5-4-6-8-13/h4-10,12,18,23-24H,3,11H2,1-2H3/b19-17-. The Morgan fingerprint density at radius 1 is 1.15 bits per heavy atom. The van der Waals surface area contributed by atoms with E-state index in [1.54, 1.807) is 42.5 Å². The number of phenolic OH excluding ortho intramolecular Hbond substituents is 1. The van der Waals surface area contributed by atoms with E-state index in [2.05, 4.69) is 0 Å². The summed E-state index contributed by atoms with van der Waals surface area (Å²) in [5, 5.41) is 20.9. The third-order valence-corrected chi connectivity index (χ3v) is 4.57. The molecule has 6 nitrogen and oxygen atoms in total. The summed E-state index contributed by atoms with van der Waals surface area (Å²) in [6.45, 7) is 2.26. The van der Waals surface area contributed by atoms with Crippen LogP contribution in [0.2, 0.25) is 0 Å². The number of amides is 1. The number of carbonyl (C=O) groups excluding carboxylic acids is 2. The molecular weight excluding hydrogens is 346 g/mol. The predicted molar refractivity (Wildman–Crippen MR) is 100 cm³/mol. The Morgan fingerprint density at radius 2 is 1.85 bits per heavy atom. The molecule has 1 amide bonds. The number of aromatic hydroxyl groups is 1. The third kappa shape index (κ3) is 3.26. The molecule has 0 radical (unpaired) electrons. The monoisotopic (exact) mass is 367 g/mol. The number of benzene rings is 2. The molecule has 140 valence electrons. The summed E-state index contributed by atoms with van der Waals surface area (Å²) < 4.78 is 5.06. The Bertz CT molecular complexity index is 904. The van der Waals surface area contributed by atoms with Crippen molar-refractivity contribution in [2.24, 2.45) is 0 Å². The predicted octanol–water partition coefficient (Wildman–Crippen LogP) is 3.23. The summed E-state index contributed by atoms with van der Waals surface area (Å²) in [4.78, 5) is 26.7. The number of rotatable bonds is 5. The summed E-state index contributed by atoms with van der Waals surface area (Å²) in [5.41, 5.74) is 0.998. The second kappa shape index (κ2) is 7.53. The molecule has 2 aromatic carbocycles. The molecule has 3 rings (SSSR count). The lowest BCUT2D eigenvalue weighted by Gasteiger charge is -2.25. The van der Waals surface area contributed by atoms with Crippen molar-refractivity contribution in [3.8, 4) is 11.5 Å². The minimum Gasteiger partial charge on any atom is -0.507 e. The number of hydrogen-bond donors (Lipinski definition) is 2. The second-order valence-electron chi connectivity index (χ2n) is 6.29. The van der Waals surface area contributed by atoms with Crippen LogP contribution in [0.3, 0.4) is 0 Å². The Labute approximate surface area is 157 Å². The van der Waals surface area contributed by atoms with Crippen molar-refractivity contribution in [2.45, 2.75) is 19.4 Å². The highest BCUT2D eigenvalue weighted by atomic mass is 16.5. The van der Waals surface area contributed by atoms with Crippen LogP contribution in [-0.4, -0.2) is 40.5 Å². The number of ether oxygens (including phenoxy) is 1. The molecule has 1 aliphatic rings. The largest absolute Gasteiger partial charge is 0.507 e. The van der Waals surface area contributed by atoms with Gasteiger partial charge in [-0.05, 0) is 24.1 Å². The number of nitrogens with zero attached hydrogens (tertiary/aromatic N) is 1. The summed E-state index contributed by atoms with van der Waals surface area (Å²) in [6.07, 6.45) is 0.650. The molecule has 2 aromatic rings. The van der Waals surface area contributed by atoms with E-state index in [9.17, 15) is 19.8 Å². The molecule has 1 atom stereocenters. The van der Waals surface area contributed by atoms with Gasteiger partial charge in [0.15, 0.2) is 11.5 Å². The molecule has 0 bridgehead atoms. The number of ketones is 1. The van der Waals surface area contributed by atoms with Gasteiger partial charge >= 0.3 is 0 Å². The zero-order valence-electron chi connectivity index (χ0n) is 15.2. The third-order valence-electron chi connectivity index (χ3n) is 4.57. The van der Waals surface area contributed by atoms with Gasteiger partial charge in [-0.2, -0.15) is 0 Å². The lowest BCUT2D eigenvalue weighted by molar-refractivity contribution is -0.139. The van der Waals surface area contributed by atoms with E-state index in [-0.39, 0.29) is 22.8 Å². The molecule has 1 aliphatic heterocycles. The molecule has 1 unspecified atom stereocenters. The average Bonchev–Trinajstić information content (AvgIpc) is 2.93. The van der Waals surface area contributed by atoms with E-state index in [0.29, 0.717) is 24.1 Å². The summed E-state index contributed by atoms with van der Waals surface area (Å²) >= 11 is 0. The van der Waals surface area contributed by atoms with Crippen molar-refractivity contribution in [3.05, 3.63) is 65.2 Å². The van der Waals surface area contributed by atoms with Gasteiger partial charge in [0.2, 0.25) is 0 Å². The van der Waals surface area contributed by atoms with Gasteiger partial charge in [0.1, 0.15) is 5.76 Å². The molecule has 27 heavy (non-hydrogen) atoms. The zero-order valence-corrected chi connectivity index (χ0v) is 15.2. The summed E-state index contributed by atoms with van der Waals surface area (Å²) in [5.74, 6) is -1.43. The first-order valence-electron chi connectivity index (χ1n) is 8.70. The van der Waals surface area contributed by atoms with Crippen LogP contribution in [0.25, 0.3) is 5.76 Å². The minimum atomic E-state index is -0.776. The van der Waals surface area contributed by atoms with E-state index in [4.69, 9.17) is 4.74 Å². The van der Waals surface area contributed by atoms with Gasteiger partial charge in [0.05, 0.1) is 18.7 Å². The first-order valence-corrected chi connectivity index (χ1v) is 8.70. The maximum Gasteiger partial charge on any atom is 0.295 e. The molecular formula is C21H21NO5. The van der Waals surface area contributed by atoms with E-state index in [1.807, 2.05) is 6.92 Å². The number of aliphatic hydroxyl groups is 1. The lowest BCUT2D eigenvalue weighted by Crippen LogP contribution is -2.30. The second-order valence-corrected chi connectivity index (χ2v) is 6.29. The molecule has 0 spiro atoms. The summed E-state index contributed by atoms with van der Waals surface area (Å²) in [6, 6.07) is 12.5. The average molecular weight is 367 g/mol. The first kappa shape index (κ1) is 18.5. The normalized spacial score (nSPS) is 18.7. The highest BCUT2D eigenvalue weighted by Crippen LogP contribution is 2.41. The molecule has 0 aliphatic carbocycles. The van der Waals surface area contributed by atoms with Crippen LogP contribution in [0.5, 0.6) is 11.5 Å².